The Hall–Kier alpha value is -1.05. The summed E-state index contributed by atoms with van der Waals surface area (Å²) in [5.74, 6) is -0.0768. The average molecular weight is 193 g/mol. The first kappa shape index (κ1) is 11.0. The third-order valence-corrected chi connectivity index (χ3v) is 2.56. The number of hydrogen-bond acceptors (Lipinski definition) is 1. The Bertz CT molecular complexity index is 271. The summed E-state index contributed by atoms with van der Waals surface area (Å²) < 4.78 is 0. The van der Waals surface area contributed by atoms with Gasteiger partial charge in [-0.2, -0.15) is 0 Å². The van der Waals surface area contributed by atoms with Gasteiger partial charge < -0.3 is 5.32 Å². The van der Waals surface area contributed by atoms with E-state index in [-0.39, 0.29) is 17.4 Å². The molecular weight excluding hydrogens is 174 g/mol. The SMILES string of the molecule is C=CC(=O)NC1CCC=C1C(C)(C)C. The van der Waals surface area contributed by atoms with Crippen molar-refractivity contribution in [2.45, 2.75) is 39.7 Å². The molecule has 0 bridgehead atoms. The van der Waals surface area contributed by atoms with Gasteiger partial charge in [0.2, 0.25) is 5.91 Å². The molecular formula is C12H19NO. The fourth-order valence-electron chi connectivity index (χ4n) is 1.91. The van der Waals surface area contributed by atoms with Crippen LogP contribution in [0, 0.1) is 5.41 Å². The predicted molar refractivity (Wildman–Crippen MR) is 58.9 cm³/mol. The van der Waals surface area contributed by atoms with Crippen molar-refractivity contribution in [3.05, 3.63) is 24.3 Å². The zero-order valence-corrected chi connectivity index (χ0v) is 9.26. The van der Waals surface area contributed by atoms with Crippen LogP contribution < -0.4 is 5.32 Å². The van der Waals surface area contributed by atoms with Crippen molar-refractivity contribution in [2.75, 3.05) is 0 Å². The zero-order valence-electron chi connectivity index (χ0n) is 9.26. The van der Waals surface area contributed by atoms with E-state index in [2.05, 4.69) is 38.7 Å². The topological polar surface area (TPSA) is 29.1 Å². The van der Waals surface area contributed by atoms with Gasteiger partial charge in [0.1, 0.15) is 0 Å². The standard InChI is InChI=1S/C12H19NO/c1-5-11(14)13-10-8-6-7-9(10)12(2,3)4/h5,7,10H,1,6,8H2,2-4H3,(H,13,14). The molecule has 1 unspecified atom stereocenters. The number of allylic oxidation sites excluding steroid dienone is 1. The largest absolute Gasteiger partial charge is 0.346 e. The lowest BCUT2D eigenvalue weighted by Gasteiger charge is -2.27. The van der Waals surface area contributed by atoms with Crippen LogP contribution in [0.1, 0.15) is 33.6 Å². The van der Waals surface area contributed by atoms with Crippen molar-refractivity contribution in [2.24, 2.45) is 5.41 Å². The van der Waals surface area contributed by atoms with Gasteiger partial charge in [-0.05, 0) is 29.9 Å². The quantitative estimate of drug-likeness (QED) is 0.529. The van der Waals surface area contributed by atoms with Crippen LogP contribution in [0.2, 0.25) is 0 Å². The van der Waals surface area contributed by atoms with Crippen molar-refractivity contribution in [1.82, 2.24) is 5.32 Å². The highest BCUT2D eigenvalue weighted by molar-refractivity contribution is 5.87. The molecule has 0 saturated heterocycles. The first-order valence-electron chi connectivity index (χ1n) is 5.08. The van der Waals surface area contributed by atoms with E-state index >= 15 is 0 Å². The van der Waals surface area contributed by atoms with E-state index in [4.69, 9.17) is 0 Å². The molecule has 1 N–H and O–H groups in total. The molecule has 1 amide bonds. The monoisotopic (exact) mass is 193 g/mol. The van der Waals surface area contributed by atoms with E-state index in [9.17, 15) is 4.79 Å². The van der Waals surface area contributed by atoms with Gasteiger partial charge >= 0.3 is 0 Å². The van der Waals surface area contributed by atoms with Gasteiger partial charge in [0, 0.05) is 0 Å². The van der Waals surface area contributed by atoms with E-state index in [0.717, 1.165) is 12.8 Å². The van der Waals surface area contributed by atoms with Gasteiger partial charge in [-0.15, -0.1) is 0 Å². The summed E-state index contributed by atoms with van der Waals surface area (Å²) in [5, 5.41) is 2.96. The Morgan fingerprint density at radius 3 is 2.79 bits per heavy atom. The second-order valence-corrected chi connectivity index (χ2v) is 4.75. The Labute approximate surface area is 86.1 Å². The molecule has 0 aromatic rings. The van der Waals surface area contributed by atoms with E-state index in [1.165, 1.54) is 11.6 Å². The number of carbonyl (C=O) groups excluding carboxylic acids is 1. The maximum atomic E-state index is 11.2. The average Bonchev–Trinajstić information content (AvgIpc) is 2.51. The Morgan fingerprint density at radius 1 is 1.64 bits per heavy atom. The summed E-state index contributed by atoms with van der Waals surface area (Å²) in [6.45, 7) is 9.99. The van der Waals surface area contributed by atoms with Crippen LogP contribution in [0.4, 0.5) is 0 Å². The summed E-state index contributed by atoms with van der Waals surface area (Å²) in [5.41, 5.74) is 1.49. The van der Waals surface area contributed by atoms with Crippen LogP contribution in [0.3, 0.4) is 0 Å². The second kappa shape index (κ2) is 3.99. The highest BCUT2D eigenvalue weighted by Crippen LogP contribution is 2.34. The molecule has 0 heterocycles. The second-order valence-electron chi connectivity index (χ2n) is 4.75. The lowest BCUT2D eigenvalue weighted by Crippen LogP contribution is -2.36. The maximum absolute atomic E-state index is 11.2. The Balaban J connectivity index is 2.68. The first-order valence-corrected chi connectivity index (χ1v) is 5.08. The van der Waals surface area contributed by atoms with Crippen LogP contribution in [-0.4, -0.2) is 11.9 Å². The molecule has 1 aliphatic rings. The Kier molecular flexibility index (Phi) is 3.14. The van der Waals surface area contributed by atoms with Gasteiger partial charge in [-0.25, -0.2) is 0 Å². The molecule has 1 atom stereocenters. The number of hydrogen-bond donors (Lipinski definition) is 1. The lowest BCUT2D eigenvalue weighted by atomic mass is 9.84. The fourth-order valence-corrected chi connectivity index (χ4v) is 1.91. The van der Waals surface area contributed by atoms with Crippen molar-refractivity contribution in [3.8, 4) is 0 Å². The van der Waals surface area contributed by atoms with Gasteiger partial charge in [0.15, 0.2) is 0 Å². The minimum absolute atomic E-state index is 0.0768. The van der Waals surface area contributed by atoms with Crippen LogP contribution in [0.15, 0.2) is 24.3 Å². The molecule has 1 aliphatic carbocycles. The number of amides is 1. The van der Waals surface area contributed by atoms with E-state index in [1.807, 2.05) is 0 Å². The summed E-state index contributed by atoms with van der Waals surface area (Å²) in [7, 11) is 0. The molecule has 78 valence electrons. The van der Waals surface area contributed by atoms with Crippen molar-refractivity contribution < 1.29 is 4.79 Å². The minimum atomic E-state index is -0.0768. The number of carbonyl (C=O) groups is 1. The molecule has 0 spiro atoms. The van der Waals surface area contributed by atoms with Crippen LogP contribution in [0.5, 0.6) is 0 Å². The van der Waals surface area contributed by atoms with E-state index < -0.39 is 0 Å². The molecule has 0 fully saturated rings. The minimum Gasteiger partial charge on any atom is -0.346 e. The third kappa shape index (κ3) is 2.47. The highest BCUT2D eigenvalue weighted by atomic mass is 16.1. The van der Waals surface area contributed by atoms with Gasteiger partial charge in [-0.1, -0.05) is 33.4 Å². The summed E-state index contributed by atoms with van der Waals surface area (Å²) in [4.78, 5) is 11.2. The summed E-state index contributed by atoms with van der Waals surface area (Å²) >= 11 is 0. The van der Waals surface area contributed by atoms with Gasteiger partial charge in [0.25, 0.3) is 0 Å². The molecule has 1 rings (SSSR count). The summed E-state index contributed by atoms with van der Waals surface area (Å²) in [6, 6.07) is 0.209. The number of rotatable bonds is 2. The van der Waals surface area contributed by atoms with Crippen LogP contribution in [-0.2, 0) is 4.79 Å². The normalized spacial score (nSPS) is 21.6. The Morgan fingerprint density at radius 2 is 2.29 bits per heavy atom. The van der Waals surface area contributed by atoms with Gasteiger partial charge in [-0.3, -0.25) is 4.79 Å². The van der Waals surface area contributed by atoms with Gasteiger partial charge in [0.05, 0.1) is 6.04 Å². The first-order chi connectivity index (χ1) is 6.45. The van der Waals surface area contributed by atoms with E-state index in [1.54, 1.807) is 0 Å². The number of nitrogens with one attached hydrogen (secondary N) is 1. The smallest absolute Gasteiger partial charge is 0.243 e. The van der Waals surface area contributed by atoms with E-state index in [0.29, 0.717) is 0 Å². The molecule has 2 nitrogen and oxygen atoms in total. The van der Waals surface area contributed by atoms with Crippen molar-refractivity contribution in [1.29, 1.82) is 0 Å². The summed E-state index contributed by atoms with van der Waals surface area (Å²) in [6.07, 6.45) is 5.66. The predicted octanol–water partition coefficient (Wildman–Crippen LogP) is 2.42. The molecule has 0 aliphatic heterocycles. The molecule has 14 heavy (non-hydrogen) atoms. The zero-order chi connectivity index (χ0) is 10.8. The molecule has 0 aromatic carbocycles. The fraction of sp³-hybridized carbons (Fsp3) is 0.583. The van der Waals surface area contributed by atoms with Crippen LogP contribution in [0.25, 0.3) is 0 Å². The molecule has 0 saturated carbocycles. The molecule has 0 radical (unpaired) electrons. The maximum Gasteiger partial charge on any atom is 0.243 e. The van der Waals surface area contributed by atoms with Crippen molar-refractivity contribution >= 4 is 5.91 Å². The third-order valence-electron chi connectivity index (χ3n) is 2.56. The highest BCUT2D eigenvalue weighted by Gasteiger charge is 2.28. The lowest BCUT2D eigenvalue weighted by molar-refractivity contribution is -0.117. The van der Waals surface area contributed by atoms with Crippen molar-refractivity contribution in [3.63, 3.8) is 0 Å². The molecule has 0 aromatic heterocycles. The van der Waals surface area contributed by atoms with Crippen LogP contribution >= 0.6 is 0 Å². The molecule has 2 heteroatoms.